The number of anilines is 2. The van der Waals surface area contributed by atoms with E-state index in [4.69, 9.17) is 0 Å². The summed E-state index contributed by atoms with van der Waals surface area (Å²) in [5.41, 5.74) is -0.148. The topological polar surface area (TPSA) is 58.1 Å². The smallest absolute Gasteiger partial charge is 0.272 e. The standard InChI is InChI=1S/C17H17F3N4O/c1-10-3-2-8-24(9-10)16(25)13-6-7-21-17(23-13)22-12-5-4-11(18)14(19)15(12)20/h4-7,10H,2-3,8-9H2,1H3,(H,21,22,23). The molecule has 0 saturated carbocycles. The van der Waals surface area contributed by atoms with E-state index in [1.165, 1.54) is 12.3 Å². The number of nitrogens with zero attached hydrogens (tertiary/aromatic N) is 3. The van der Waals surface area contributed by atoms with Crippen LogP contribution in [0.3, 0.4) is 0 Å². The molecule has 0 radical (unpaired) electrons. The molecule has 25 heavy (non-hydrogen) atoms. The Morgan fingerprint density at radius 3 is 2.80 bits per heavy atom. The fourth-order valence-electron chi connectivity index (χ4n) is 2.82. The van der Waals surface area contributed by atoms with Gasteiger partial charge in [0, 0.05) is 19.3 Å². The number of amides is 1. The molecule has 132 valence electrons. The molecule has 1 aromatic carbocycles. The van der Waals surface area contributed by atoms with Crippen LogP contribution in [0.4, 0.5) is 24.8 Å². The molecule has 5 nitrogen and oxygen atoms in total. The van der Waals surface area contributed by atoms with Gasteiger partial charge in [0.15, 0.2) is 17.5 Å². The molecular formula is C17H17F3N4O. The number of rotatable bonds is 3. The summed E-state index contributed by atoms with van der Waals surface area (Å²) in [6.07, 6.45) is 3.37. The maximum atomic E-state index is 13.7. The summed E-state index contributed by atoms with van der Waals surface area (Å²) in [5.74, 6) is -4.12. The van der Waals surface area contributed by atoms with E-state index in [1.807, 2.05) is 0 Å². The molecule has 3 rings (SSSR count). The van der Waals surface area contributed by atoms with Gasteiger partial charge in [-0.2, -0.15) is 0 Å². The highest BCUT2D eigenvalue weighted by atomic mass is 19.2. The zero-order chi connectivity index (χ0) is 18.0. The third-order valence-electron chi connectivity index (χ3n) is 4.10. The van der Waals surface area contributed by atoms with E-state index in [-0.39, 0.29) is 23.2 Å². The fraction of sp³-hybridized carbons (Fsp3) is 0.353. The number of benzene rings is 1. The van der Waals surface area contributed by atoms with Gasteiger partial charge in [-0.25, -0.2) is 23.1 Å². The van der Waals surface area contributed by atoms with Crippen LogP contribution in [0.2, 0.25) is 0 Å². The lowest BCUT2D eigenvalue weighted by Crippen LogP contribution is -2.39. The number of hydrogen-bond donors (Lipinski definition) is 1. The molecule has 1 N–H and O–H groups in total. The first-order chi connectivity index (χ1) is 12.0. The quantitative estimate of drug-likeness (QED) is 0.861. The van der Waals surface area contributed by atoms with Crippen molar-refractivity contribution in [3.8, 4) is 0 Å². The maximum Gasteiger partial charge on any atom is 0.272 e. The lowest BCUT2D eigenvalue weighted by Gasteiger charge is -2.30. The average molecular weight is 350 g/mol. The lowest BCUT2D eigenvalue weighted by atomic mass is 10.00. The molecule has 0 bridgehead atoms. The molecule has 0 aliphatic carbocycles. The van der Waals surface area contributed by atoms with Gasteiger partial charge in [-0.15, -0.1) is 0 Å². The van der Waals surface area contributed by atoms with Gasteiger partial charge in [-0.3, -0.25) is 4.79 Å². The van der Waals surface area contributed by atoms with Crippen molar-refractivity contribution in [2.45, 2.75) is 19.8 Å². The molecule has 8 heteroatoms. The highest BCUT2D eigenvalue weighted by Crippen LogP contribution is 2.22. The summed E-state index contributed by atoms with van der Waals surface area (Å²) in [6, 6.07) is 3.30. The van der Waals surface area contributed by atoms with E-state index >= 15 is 0 Å². The third kappa shape index (κ3) is 3.72. The van der Waals surface area contributed by atoms with Crippen LogP contribution in [-0.4, -0.2) is 33.9 Å². The lowest BCUT2D eigenvalue weighted by molar-refractivity contribution is 0.0677. The third-order valence-corrected chi connectivity index (χ3v) is 4.10. The molecule has 1 fully saturated rings. The predicted molar refractivity (Wildman–Crippen MR) is 85.9 cm³/mol. The molecule has 1 unspecified atom stereocenters. The van der Waals surface area contributed by atoms with Gasteiger partial charge in [-0.05, 0) is 37.0 Å². The molecule has 1 aromatic heterocycles. The second-order valence-electron chi connectivity index (χ2n) is 6.11. The SMILES string of the molecule is CC1CCCN(C(=O)c2ccnc(Nc3ccc(F)c(F)c3F)n2)C1. The van der Waals surface area contributed by atoms with Crippen LogP contribution in [0.15, 0.2) is 24.4 Å². The zero-order valence-electron chi connectivity index (χ0n) is 13.6. The van der Waals surface area contributed by atoms with Crippen molar-refractivity contribution in [1.29, 1.82) is 0 Å². The number of piperidine rings is 1. The Morgan fingerprint density at radius 2 is 2.04 bits per heavy atom. The van der Waals surface area contributed by atoms with Gasteiger partial charge in [0.2, 0.25) is 5.95 Å². The Hall–Kier alpha value is -2.64. The van der Waals surface area contributed by atoms with Crippen LogP contribution in [0.5, 0.6) is 0 Å². The number of nitrogens with one attached hydrogen (secondary N) is 1. The van der Waals surface area contributed by atoms with Crippen LogP contribution >= 0.6 is 0 Å². The van der Waals surface area contributed by atoms with E-state index in [2.05, 4.69) is 22.2 Å². The van der Waals surface area contributed by atoms with Crippen molar-refractivity contribution in [2.75, 3.05) is 18.4 Å². The first-order valence-electron chi connectivity index (χ1n) is 7.98. The Bertz CT molecular complexity index is 799. The number of hydrogen-bond acceptors (Lipinski definition) is 4. The Morgan fingerprint density at radius 1 is 1.24 bits per heavy atom. The molecule has 1 amide bonds. The van der Waals surface area contributed by atoms with Crippen LogP contribution in [0.1, 0.15) is 30.3 Å². The average Bonchev–Trinajstić information content (AvgIpc) is 2.62. The van der Waals surface area contributed by atoms with E-state index < -0.39 is 17.5 Å². The summed E-state index contributed by atoms with van der Waals surface area (Å²) in [4.78, 5) is 22.2. The number of aromatic nitrogens is 2. The first-order valence-corrected chi connectivity index (χ1v) is 7.98. The minimum absolute atomic E-state index is 0.0687. The molecule has 0 spiro atoms. The largest absolute Gasteiger partial charge is 0.337 e. The van der Waals surface area contributed by atoms with Gasteiger partial charge in [0.05, 0.1) is 5.69 Å². The fourth-order valence-corrected chi connectivity index (χ4v) is 2.82. The number of halogens is 3. The molecule has 1 saturated heterocycles. The van der Waals surface area contributed by atoms with Crippen LogP contribution in [0, 0.1) is 23.4 Å². The number of carbonyl (C=O) groups excluding carboxylic acids is 1. The van der Waals surface area contributed by atoms with E-state index in [9.17, 15) is 18.0 Å². The summed E-state index contributed by atoms with van der Waals surface area (Å²) in [7, 11) is 0. The van der Waals surface area contributed by atoms with Gasteiger partial charge < -0.3 is 10.2 Å². The highest BCUT2D eigenvalue weighted by molar-refractivity contribution is 5.92. The van der Waals surface area contributed by atoms with Crippen molar-refractivity contribution < 1.29 is 18.0 Å². The second kappa shape index (κ2) is 7.08. The zero-order valence-corrected chi connectivity index (χ0v) is 13.6. The predicted octanol–water partition coefficient (Wildman–Crippen LogP) is 3.51. The normalized spacial score (nSPS) is 17.4. The van der Waals surface area contributed by atoms with Crippen LogP contribution in [-0.2, 0) is 0 Å². The van der Waals surface area contributed by atoms with Crippen molar-refractivity contribution in [2.24, 2.45) is 5.92 Å². The minimum atomic E-state index is -1.58. The number of likely N-dealkylation sites (tertiary alicyclic amines) is 1. The van der Waals surface area contributed by atoms with E-state index in [0.29, 0.717) is 19.0 Å². The highest BCUT2D eigenvalue weighted by Gasteiger charge is 2.23. The van der Waals surface area contributed by atoms with Crippen LogP contribution in [0.25, 0.3) is 0 Å². The van der Waals surface area contributed by atoms with Gasteiger partial charge in [0.25, 0.3) is 5.91 Å². The minimum Gasteiger partial charge on any atom is -0.337 e. The van der Waals surface area contributed by atoms with Crippen molar-refractivity contribution in [3.05, 3.63) is 47.5 Å². The molecule has 2 heterocycles. The van der Waals surface area contributed by atoms with Gasteiger partial charge in [0.1, 0.15) is 5.69 Å². The molecule has 1 atom stereocenters. The number of carbonyl (C=O) groups is 1. The van der Waals surface area contributed by atoms with Crippen LogP contribution < -0.4 is 5.32 Å². The van der Waals surface area contributed by atoms with Crippen molar-refractivity contribution in [3.63, 3.8) is 0 Å². The van der Waals surface area contributed by atoms with E-state index in [1.54, 1.807) is 4.90 Å². The summed E-state index contributed by atoms with van der Waals surface area (Å²) in [6.45, 7) is 3.40. The Kier molecular flexibility index (Phi) is 4.87. The Labute approximate surface area is 142 Å². The molecule has 1 aliphatic rings. The Balaban J connectivity index is 1.80. The monoisotopic (exact) mass is 350 g/mol. The summed E-state index contributed by atoms with van der Waals surface area (Å²) >= 11 is 0. The molecule has 2 aromatic rings. The van der Waals surface area contributed by atoms with Crippen molar-refractivity contribution >= 4 is 17.5 Å². The van der Waals surface area contributed by atoms with Gasteiger partial charge in [-0.1, -0.05) is 6.92 Å². The summed E-state index contributed by atoms with van der Waals surface area (Å²) in [5, 5.41) is 2.47. The molecular weight excluding hydrogens is 333 g/mol. The van der Waals surface area contributed by atoms with E-state index in [0.717, 1.165) is 25.0 Å². The van der Waals surface area contributed by atoms with Crippen molar-refractivity contribution in [1.82, 2.24) is 14.9 Å². The second-order valence-corrected chi connectivity index (χ2v) is 6.11. The van der Waals surface area contributed by atoms with Gasteiger partial charge >= 0.3 is 0 Å². The first kappa shape index (κ1) is 17.2. The maximum absolute atomic E-state index is 13.7. The molecule has 1 aliphatic heterocycles. The summed E-state index contributed by atoms with van der Waals surface area (Å²) < 4.78 is 40.0.